The van der Waals surface area contributed by atoms with Crippen LogP contribution in [0.15, 0.2) is 0 Å². The molecule has 0 N–H and O–H groups in total. The van der Waals surface area contributed by atoms with E-state index < -0.39 is 8.32 Å². The lowest BCUT2D eigenvalue weighted by Crippen LogP contribution is -2.59. The third-order valence-electron chi connectivity index (χ3n) is 13.1. The molecule has 13 atom stereocenters. The lowest BCUT2D eigenvalue weighted by molar-refractivity contribution is -0.115. The molecule has 2 saturated heterocycles. The normalized spacial score (nSPS) is 53.2. The van der Waals surface area contributed by atoms with Crippen LogP contribution in [0.5, 0.6) is 0 Å². The second-order valence-electron chi connectivity index (χ2n) is 16.1. The average Bonchev–Trinajstić information content (AvgIpc) is 3.67. The predicted octanol–water partition coefficient (Wildman–Crippen LogP) is 8.08. The second-order valence-corrected chi connectivity index (χ2v) is 20.6. The highest BCUT2D eigenvalue weighted by Gasteiger charge is 2.76. The number of epoxide rings is 2. The third kappa shape index (κ3) is 3.80. The molecule has 4 aliphatic carbocycles. The van der Waals surface area contributed by atoms with Gasteiger partial charge in [0.25, 0.3) is 0 Å². The standard InChI is InChI=1S/C32H56O3Si/c1-10-22(19(2)3)29-28(33-29)20(4)24-11-12-25-23-17-27-32(34-27)18-21(35-36(7,8)9)13-16-31(32,6)26(23)14-15-30(24,25)5/h19-29H,10-18H2,1-9H3/t20-,21-,22-,23?,24+,25?,26?,27-,28?,29?,30+,31+,32-/m0/s1. The van der Waals surface area contributed by atoms with E-state index in [2.05, 4.69) is 61.2 Å². The number of rotatable bonds is 7. The highest BCUT2D eigenvalue weighted by Crippen LogP contribution is 2.74. The largest absolute Gasteiger partial charge is 0.415 e. The molecule has 4 saturated carbocycles. The maximum absolute atomic E-state index is 6.80. The van der Waals surface area contributed by atoms with Crippen LogP contribution in [0.25, 0.3) is 0 Å². The minimum atomic E-state index is -1.51. The van der Waals surface area contributed by atoms with Gasteiger partial charge in [0.1, 0.15) is 5.60 Å². The Labute approximate surface area is 223 Å². The van der Waals surface area contributed by atoms with Crippen molar-refractivity contribution >= 4 is 8.32 Å². The van der Waals surface area contributed by atoms with Crippen molar-refractivity contribution < 1.29 is 13.9 Å². The quantitative estimate of drug-likeness (QED) is 0.253. The maximum atomic E-state index is 6.80. The molecule has 0 aromatic rings. The first-order chi connectivity index (χ1) is 16.8. The molecule has 6 fully saturated rings. The van der Waals surface area contributed by atoms with Crippen molar-refractivity contribution in [2.45, 2.75) is 149 Å². The van der Waals surface area contributed by atoms with E-state index in [0.717, 1.165) is 41.9 Å². The highest BCUT2D eigenvalue weighted by atomic mass is 28.4. The van der Waals surface area contributed by atoms with Crippen LogP contribution in [-0.2, 0) is 13.9 Å². The van der Waals surface area contributed by atoms with Crippen molar-refractivity contribution in [3.63, 3.8) is 0 Å². The SMILES string of the molecule is CC[C@@H](C(C)C)C1OC1[C@@H](C)[C@H]1CCC2C3C[C@@H]4O[C@@]45C[C@@H](O[Si](C)(C)C)CC[C@]5(C)C3CC[C@@]21C. The predicted molar refractivity (Wildman–Crippen MR) is 149 cm³/mol. The summed E-state index contributed by atoms with van der Waals surface area (Å²) in [5, 5.41) is 0. The fourth-order valence-electron chi connectivity index (χ4n) is 11.4. The van der Waals surface area contributed by atoms with E-state index in [1.807, 2.05) is 0 Å². The second kappa shape index (κ2) is 8.55. The van der Waals surface area contributed by atoms with Crippen molar-refractivity contribution in [3.05, 3.63) is 0 Å². The molecule has 4 heteroatoms. The summed E-state index contributed by atoms with van der Waals surface area (Å²) in [4.78, 5) is 0. The van der Waals surface area contributed by atoms with Crippen molar-refractivity contribution in [2.75, 3.05) is 0 Å². The minimum absolute atomic E-state index is 0.136. The first-order valence-electron chi connectivity index (χ1n) is 15.9. The molecule has 0 aromatic carbocycles. The van der Waals surface area contributed by atoms with E-state index in [4.69, 9.17) is 13.9 Å². The molecule has 0 radical (unpaired) electrons. The lowest BCUT2D eigenvalue weighted by Gasteiger charge is -2.60. The molecule has 5 unspecified atom stereocenters. The van der Waals surface area contributed by atoms with Crippen LogP contribution in [0.3, 0.4) is 0 Å². The van der Waals surface area contributed by atoms with Gasteiger partial charge in [-0.05, 0) is 111 Å². The zero-order chi connectivity index (χ0) is 25.8. The Balaban J connectivity index is 1.17. The van der Waals surface area contributed by atoms with Gasteiger partial charge in [0.2, 0.25) is 0 Å². The molecule has 3 nitrogen and oxygen atoms in total. The molecule has 0 bridgehead atoms. The smallest absolute Gasteiger partial charge is 0.184 e. The minimum Gasteiger partial charge on any atom is -0.415 e. The van der Waals surface area contributed by atoms with Gasteiger partial charge in [0.05, 0.1) is 18.3 Å². The van der Waals surface area contributed by atoms with Gasteiger partial charge in [-0.1, -0.05) is 48.0 Å². The fraction of sp³-hybridized carbons (Fsp3) is 1.00. The van der Waals surface area contributed by atoms with Crippen LogP contribution in [0, 0.1) is 52.3 Å². The number of fused-ring (bicyclic) bond motifs is 4. The van der Waals surface area contributed by atoms with Crippen LogP contribution in [-0.4, -0.2) is 38.3 Å². The monoisotopic (exact) mass is 516 g/mol. The van der Waals surface area contributed by atoms with Crippen LogP contribution in [0.4, 0.5) is 0 Å². The van der Waals surface area contributed by atoms with Gasteiger partial charge in [-0.25, -0.2) is 0 Å². The zero-order valence-electron chi connectivity index (χ0n) is 24.9. The molecule has 36 heavy (non-hydrogen) atoms. The van der Waals surface area contributed by atoms with Crippen molar-refractivity contribution in [3.8, 4) is 0 Å². The van der Waals surface area contributed by atoms with Gasteiger partial charge in [0, 0.05) is 17.9 Å². The summed E-state index contributed by atoms with van der Waals surface area (Å²) in [6.45, 7) is 22.1. The Kier molecular flexibility index (Phi) is 6.25. The fourth-order valence-corrected chi connectivity index (χ4v) is 12.6. The van der Waals surface area contributed by atoms with Gasteiger partial charge in [-0.15, -0.1) is 0 Å². The number of hydrogen-bond acceptors (Lipinski definition) is 3. The molecule has 2 aliphatic heterocycles. The molecule has 6 rings (SSSR count). The number of ether oxygens (including phenoxy) is 2. The third-order valence-corrected chi connectivity index (χ3v) is 14.1. The first kappa shape index (κ1) is 26.3. The molecular weight excluding hydrogens is 460 g/mol. The van der Waals surface area contributed by atoms with Gasteiger partial charge in [0.15, 0.2) is 8.32 Å². The summed E-state index contributed by atoms with van der Waals surface area (Å²) in [5.41, 5.74) is 0.998. The van der Waals surface area contributed by atoms with Crippen LogP contribution < -0.4 is 0 Å². The average molecular weight is 517 g/mol. The van der Waals surface area contributed by atoms with E-state index >= 15 is 0 Å². The van der Waals surface area contributed by atoms with E-state index in [-0.39, 0.29) is 5.60 Å². The van der Waals surface area contributed by atoms with Crippen LogP contribution in [0.2, 0.25) is 19.6 Å². The van der Waals surface area contributed by atoms with Crippen molar-refractivity contribution in [1.82, 2.24) is 0 Å². The van der Waals surface area contributed by atoms with Crippen LogP contribution in [0.1, 0.15) is 99.3 Å². The highest BCUT2D eigenvalue weighted by molar-refractivity contribution is 6.69. The Morgan fingerprint density at radius 3 is 2.36 bits per heavy atom. The van der Waals surface area contributed by atoms with Gasteiger partial charge in [-0.3, -0.25) is 0 Å². The Morgan fingerprint density at radius 2 is 1.69 bits per heavy atom. The van der Waals surface area contributed by atoms with Gasteiger partial charge in [-0.2, -0.15) is 0 Å². The van der Waals surface area contributed by atoms with E-state index in [9.17, 15) is 0 Å². The Hall–Kier alpha value is 0.0969. The van der Waals surface area contributed by atoms with Crippen molar-refractivity contribution in [1.29, 1.82) is 0 Å². The summed E-state index contributed by atoms with van der Waals surface area (Å²) in [7, 11) is -1.51. The molecule has 206 valence electrons. The Morgan fingerprint density at radius 1 is 0.944 bits per heavy atom. The van der Waals surface area contributed by atoms with Crippen molar-refractivity contribution in [2.24, 2.45) is 52.3 Å². The molecule has 2 heterocycles. The van der Waals surface area contributed by atoms with Crippen LogP contribution >= 0.6 is 0 Å². The van der Waals surface area contributed by atoms with E-state index in [0.29, 0.717) is 41.2 Å². The summed E-state index contributed by atoms with van der Waals surface area (Å²) in [6, 6.07) is 0. The molecule has 0 aromatic heterocycles. The Bertz CT molecular complexity index is 853. The summed E-state index contributed by atoms with van der Waals surface area (Å²) < 4.78 is 19.9. The zero-order valence-corrected chi connectivity index (χ0v) is 25.9. The summed E-state index contributed by atoms with van der Waals surface area (Å²) in [5.74, 6) is 5.62. The molecule has 1 spiro atoms. The molecule has 0 amide bonds. The number of hydrogen-bond donors (Lipinski definition) is 0. The lowest BCUT2D eigenvalue weighted by atomic mass is 9.44. The topological polar surface area (TPSA) is 34.3 Å². The molecular formula is C32H56O3Si. The van der Waals surface area contributed by atoms with E-state index in [1.54, 1.807) is 0 Å². The van der Waals surface area contributed by atoms with Gasteiger partial charge < -0.3 is 13.9 Å². The van der Waals surface area contributed by atoms with E-state index in [1.165, 1.54) is 51.4 Å². The first-order valence-corrected chi connectivity index (χ1v) is 19.3. The summed E-state index contributed by atoms with van der Waals surface area (Å²) >= 11 is 0. The maximum Gasteiger partial charge on any atom is 0.184 e. The summed E-state index contributed by atoms with van der Waals surface area (Å²) in [6.07, 6.45) is 14.0. The van der Waals surface area contributed by atoms with Gasteiger partial charge >= 0.3 is 0 Å². The molecule has 6 aliphatic rings.